The lowest BCUT2D eigenvalue weighted by Crippen LogP contribution is -2.13. The van der Waals surface area contributed by atoms with Crippen molar-refractivity contribution in [3.8, 4) is 0 Å². The van der Waals surface area contributed by atoms with Crippen molar-refractivity contribution < 1.29 is 4.79 Å². The van der Waals surface area contributed by atoms with Crippen LogP contribution in [0.2, 0.25) is 0 Å². The predicted octanol–water partition coefficient (Wildman–Crippen LogP) is 2.52. The Morgan fingerprint density at radius 3 is 2.88 bits per heavy atom. The molecular formula is C13H13N3O. The molecule has 1 aliphatic rings. The molecule has 1 aliphatic heterocycles. The zero-order valence-corrected chi connectivity index (χ0v) is 9.50. The second kappa shape index (κ2) is 5.12. The minimum atomic E-state index is -0.0987. The van der Waals surface area contributed by atoms with Crippen molar-refractivity contribution in [3.63, 3.8) is 0 Å². The molecule has 4 nitrogen and oxygen atoms in total. The first-order valence-electron chi connectivity index (χ1n) is 5.30. The summed E-state index contributed by atoms with van der Waals surface area (Å²) in [5, 5.41) is 8.74. The van der Waals surface area contributed by atoms with E-state index in [1.807, 2.05) is 48.7 Å². The Hall–Kier alpha value is -2.36. The van der Waals surface area contributed by atoms with Crippen LogP contribution in [0, 0.1) is 0 Å². The Balaban J connectivity index is 2.34. The van der Waals surface area contributed by atoms with Crippen LogP contribution in [0.4, 0.5) is 11.4 Å². The molecule has 1 N–H and O–H groups in total. The first-order valence-corrected chi connectivity index (χ1v) is 5.30. The van der Waals surface area contributed by atoms with E-state index in [0.29, 0.717) is 0 Å². The lowest BCUT2D eigenvalue weighted by molar-refractivity contribution is -0.114. The topological polar surface area (TPSA) is 44.7 Å². The van der Waals surface area contributed by atoms with Crippen LogP contribution >= 0.6 is 0 Å². The summed E-state index contributed by atoms with van der Waals surface area (Å²) in [5.41, 5.74) is 1.57. The first-order chi connectivity index (χ1) is 8.27. The molecule has 4 heteroatoms. The number of benzene rings is 1. The number of anilines is 2. The highest BCUT2D eigenvalue weighted by molar-refractivity contribution is 5.93. The number of rotatable bonds is 2. The number of nitrogens with one attached hydrogen (secondary N) is 1. The molecule has 0 saturated carbocycles. The maximum Gasteiger partial charge on any atom is 0.221 e. The Kier molecular flexibility index (Phi) is 3.35. The number of hydrazone groups is 1. The second-order valence-corrected chi connectivity index (χ2v) is 3.53. The minimum absolute atomic E-state index is 0.0987. The molecule has 0 aliphatic carbocycles. The summed E-state index contributed by atoms with van der Waals surface area (Å²) in [7, 11) is 0. The van der Waals surface area contributed by atoms with Gasteiger partial charge in [-0.05, 0) is 24.3 Å². The van der Waals surface area contributed by atoms with Gasteiger partial charge in [0.1, 0.15) is 0 Å². The molecule has 1 heterocycles. The third kappa shape index (κ3) is 2.81. The third-order valence-corrected chi connectivity index (χ3v) is 2.19. The summed E-state index contributed by atoms with van der Waals surface area (Å²) < 4.78 is 0. The molecule has 2 rings (SSSR count). The van der Waals surface area contributed by atoms with E-state index in [9.17, 15) is 4.79 Å². The quantitative estimate of drug-likeness (QED) is 0.843. The number of hydrogen-bond acceptors (Lipinski definition) is 3. The zero-order valence-electron chi connectivity index (χ0n) is 9.50. The molecule has 0 radical (unpaired) electrons. The number of para-hydroxylation sites is 2. The maximum atomic E-state index is 11.1. The lowest BCUT2D eigenvalue weighted by atomic mass is 10.2. The van der Waals surface area contributed by atoms with Crippen molar-refractivity contribution in [2.24, 2.45) is 5.10 Å². The number of carbonyl (C=O) groups is 1. The fourth-order valence-electron chi connectivity index (χ4n) is 1.51. The van der Waals surface area contributed by atoms with Crippen molar-refractivity contribution in [2.45, 2.75) is 6.92 Å². The standard InChI is InChI=1S/C13H13N3O/c1-11(17)15-12-7-3-4-8-13(12)16-10-6-2-5-9-14-16/h2-10H,1H3,(H,15,17). The van der Waals surface area contributed by atoms with Gasteiger partial charge in [-0.2, -0.15) is 5.10 Å². The van der Waals surface area contributed by atoms with Crippen molar-refractivity contribution in [2.75, 3.05) is 10.3 Å². The van der Waals surface area contributed by atoms with Crippen molar-refractivity contribution in [1.82, 2.24) is 0 Å². The third-order valence-electron chi connectivity index (χ3n) is 2.19. The number of allylic oxidation sites excluding steroid dienone is 3. The SMILES string of the molecule is CC(=O)Nc1ccccc1N1C=CC=CC=N1. The van der Waals surface area contributed by atoms with Crippen LogP contribution in [-0.2, 0) is 4.79 Å². The zero-order chi connectivity index (χ0) is 12.1. The van der Waals surface area contributed by atoms with Crippen LogP contribution in [0.25, 0.3) is 0 Å². The van der Waals surface area contributed by atoms with Crippen LogP contribution in [0.5, 0.6) is 0 Å². The van der Waals surface area contributed by atoms with Gasteiger partial charge in [0.2, 0.25) is 5.91 Å². The second-order valence-electron chi connectivity index (χ2n) is 3.53. The molecule has 0 aromatic heterocycles. The van der Waals surface area contributed by atoms with Gasteiger partial charge in [0.15, 0.2) is 0 Å². The monoisotopic (exact) mass is 227 g/mol. The normalized spacial score (nSPS) is 13.6. The minimum Gasteiger partial charge on any atom is -0.324 e. The van der Waals surface area contributed by atoms with Gasteiger partial charge in [0.25, 0.3) is 0 Å². The highest BCUT2D eigenvalue weighted by Gasteiger charge is 2.08. The maximum absolute atomic E-state index is 11.1. The van der Waals surface area contributed by atoms with Gasteiger partial charge in [-0.25, -0.2) is 5.01 Å². The van der Waals surface area contributed by atoms with Gasteiger partial charge in [0, 0.05) is 19.3 Å². The summed E-state index contributed by atoms with van der Waals surface area (Å²) in [5.74, 6) is -0.0987. The molecule has 0 unspecified atom stereocenters. The van der Waals surface area contributed by atoms with Crippen molar-refractivity contribution in [3.05, 3.63) is 48.7 Å². The highest BCUT2D eigenvalue weighted by Crippen LogP contribution is 2.26. The van der Waals surface area contributed by atoms with Gasteiger partial charge in [-0.1, -0.05) is 18.2 Å². The fraction of sp³-hybridized carbons (Fsp3) is 0.0769. The molecule has 0 atom stereocenters. The van der Waals surface area contributed by atoms with E-state index >= 15 is 0 Å². The fourth-order valence-corrected chi connectivity index (χ4v) is 1.51. The van der Waals surface area contributed by atoms with E-state index in [1.54, 1.807) is 11.2 Å². The number of nitrogens with zero attached hydrogens (tertiary/aromatic N) is 2. The van der Waals surface area contributed by atoms with Crippen LogP contribution < -0.4 is 10.3 Å². The molecule has 0 spiro atoms. The smallest absolute Gasteiger partial charge is 0.221 e. The number of hydrogen-bond donors (Lipinski definition) is 1. The van der Waals surface area contributed by atoms with Crippen LogP contribution in [0.15, 0.2) is 53.8 Å². The van der Waals surface area contributed by atoms with E-state index in [-0.39, 0.29) is 5.91 Å². The Morgan fingerprint density at radius 2 is 2.06 bits per heavy atom. The molecule has 86 valence electrons. The van der Waals surface area contributed by atoms with Crippen LogP contribution in [0.3, 0.4) is 0 Å². The van der Waals surface area contributed by atoms with E-state index in [0.717, 1.165) is 11.4 Å². The molecule has 0 bridgehead atoms. The van der Waals surface area contributed by atoms with Crippen molar-refractivity contribution >= 4 is 23.5 Å². The van der Waals surface area contributed by atoms with Crippen LogP contribution in [-0.4, -0.2) is 12.1 Å². The van der Waals surface area contributed by atoms with Gasteiger partial charge in [-0.3, -0.25) is 4.79 Å². The lowest BCUT2D eigenvalue weighted by Gasteiger charge is -2.17. The summed E-state index contributed by atoms with van der Waals surface area (Å²) in [4.78, 5) is 11.1. The Labute approximate surface area is 99.9 Å². The van der Waals surface area contributed by atoms with Gasteiger partial charge >= 0.3 is 0 Å². The molecule has 0 fully saturated rings. The highest BCUT2D eigenvalue weighted by atomic mass is 16.1. The average molecular weight is 227 g/mol. The predicted molar refractivity (Wildman–Crippen MR) is 70.0 cm³/mol. The van der Waals surface area contributed by atoms with Gasteiger partial charge in [-0.15, -0.1) is 0 Å². The van der Waals surface area contributed by atoms with Crippen LogP contribution in [0.1, 0.15) is 6.92 Å². The van der Waals surface area contributed by atoms with E-state index in [2.05, 4.69) is 10.4 Å². The number of carbonyl (C=O) groups excluding carboxylic acids is 1. The molecule has 1 amide bonds. The summed E-state index contributed by atoms with van der Waals surface area (Å²) >= 11 is 0. The number of amides is 1. The molecule has 1 aromatic carbocycles. The summed E-state index contributed by atoms with van der Waals surface area (Å²) in [6.07, 6.45) is 9.16. The Bertz CT molecular complexity index is 487. The largest absolute Gasteiger partial charge is 0.324 e. The first kappa shape index (κ1) is 11.1. The van der Waals surface area contributed by atoms with Gasteiger partial charge in [0.05, 0.1) is 11.4 Å². The Morgan fingerprint density at radius 1 is 1.24 bits per heavy atom. The molecular weight excluding hydrogens is 214 g/mol. The van der Waals surface area contributed by atoms with E-state index in [1.165, 1.54) is 6.92 Å². The van der Waals surface area contributed by atoms with Gasteiger partial charge < -0.3 is 5.32 Å². The summed E-state index contributed by atoms with van der Waals surface area (Å²) in [6.45, 7) is 1.49. The molecule has 0 saturated heterocycles. The molecule has 1 aromatic rings. The average Bonchev–Trinajstić information content (AvgIpc) is 2.57. The molecule has 17 heavy (non-hydrogen) atoms. The summed E-state index contributed by atoms with van der Waals surface area (Å²) in [6, 6.07) is 7.53. The van der Waals surface area contributed by atoms with Crippen molar-refractivity contribution in [1.29, 1.82) is 0 Å². The van der Waals surface area contributed by atoms with E-state index in [4.69, 9.17) is 0 Å². The van der Waals surface area contributed by atoms with E-state index < -0.39 is 0 Å².